The van der Waals surface area contributed by atoms with Gasteiger partial charge in [0.25, 0.3) is 0 Å². The zero-order valence-electron chi connectivity index (χ0n) is 11.6. The lowest BCUT2D eigenvalue weighted by Crippen LogP contribution is -2.13. The third-order valence-electron chi connectivity index (χ3n) is 3.78. The molecule has 0 amide bonds. The number of nitrogen functional groups attached to an aromatic ring is 1. The van der Waals surface area contributed by atoms with Crippen molar-refractivity contribution in [3.63, 3.8) is 0 Å². The van der Waals surface area contributed by atoms with Gasteiger partial charge in [0.15, 0.2) is 0 Å². The van der Waals surface area contributed by atoms with E-state index >= 15 is 0 Å². The number of nitrogens with zero attached hydrogens (tertiary/aromatic N) is 2. The second kappa shape index (κ2) is 5.08. The van der Waals surface area contributed by atoms with Gasteiger partial charge >= 0.3 is 0 Å². The summed E-state index contributed by atoms with van der Waals surface area (Å²) < 4.78 is 2.41. The van der Waals surface area contributed by atoms with E-state index in [2.05, 4.69) is 36.2 Å². The number of hydrogen-bond donors (Lipinski definition) is 1. The van der Waals surface area contributed by atoms with Gasteiger partial charge in [-0.3, -0.25) is 0 Å². The van der Waals surface area contributed by atoms with Crippen LogP contribution in [0.2, 0.25) is 0 Å². The smallest absolute Gasteiger partial charge is 0.112 e. The molecular weight excluding hydrogens is 254 g/mol. The van der Waals surface area contributed by atoms with E-state index in [1.54, 1.807) is 0 Å². The maximum atomic E-state index is 5.87. The Bertz CT molecular complexity index is 582. The lowest BCUT2D eigenvalue weighted by atomic mass is 10.1. The van der Waals surface area contributed by atoms with E-state index in [9.17, 15) is 0 Å². The minimum atomic E-state index is 0.447. The highest BCUT2D eigenvalue weighted by Crippen LogP contribution is 2.29. The van der Waals surface area contributed by atoms with Crippen LogP contribution in [0.1, 0.15) is 32.0 Å². The molecular formula is C15H21N3S. The summed E-state index contributed by atoms with van der Waals surface area (Å²) in [5, 5.41) is 0. The van der Waals surface area contributed by atoms with Crippen molar-refractivity contribution >= 4 is 28.5 Å². The van der Waals surface area contributed by atoms with Crippen molar-refractivity contribution in [3.8, 4) is 0 Å². The topological polar surface area (TPSA) is 43.8 Å². The van der Waals surface area contributed by atoms with E-state index in [0.717, 1.165) is 23.7 Å². The van der Waals surface area contributed by atoms with Crippen LogP contribution in [-0.2, 0) is 6.54 Å². The predicted molar refractivity (Wildman–Crippen MR) is 83.7 cm³/mol. The number of benzene rings is 1. The summed E-state index contributed by atoms with van der Waals surface area (Å²) in [5.41, 5.74) is 8.93. The maximum Gasteiger partial charge on any atom is 0.112 e. The zero-order valence-corrected chi connectivity index (χ0v) is 12.4. The Morgan fingerprint density at radius 1 is 1.47 bits per heavy atom. The largest absolute Gasteiger partial charge is 0.399 e. The SMILES string of the molecule is CC(C)c1nc2cc(N)ccc2n1CC1CCSC1. The lowest BCUT2D eigenvalue weighted by molar-refractivity contribution is 0.482. The van der Waals surface area contributed by atoms with E-state index in [1.165, 1.54) is 29.3 Å². The average Bonchev–Trinajstić information content (AvgIpc) is 2.97. The zero-order chi connectivity index (χ0) is 13.4. The van der Waals surface area contributed by atoms with Gasteiger partial charge in [-0.05, 0) is 42.0 Å². The Balaban J connectivity index is 2.05. The molecule has 1 aliphatic heterocycles. The van der Waals surface area contributed by atoms with Crippen LogP contribution in [0.25, 0.3) is 11.0 Å². The highest BCUT2D eigenvalue weighted by Gasteiger charge is 2.20. The van der Waals surface area contributed by atoms with Crippen LogP contribution in [0.15, 0.2) is 18.2 Å². The number of thioether (sulfide) groups is 1. The minimum absolute atomic E-state index is 0.447. The van der Waals surface area contributed by atoms with Crippen molar-refractivity contribution in [1.29, 1.82) is 0 Å². The molecule has 2 aromatic rings. The van der Waals surface area contributed by atoms with Gasteiger partial charge in [0.05, 0.1) is 11.0 Å². The van der Waals surface area contributed by atoms with Crippen molar-refractivity contribution in [2.24, 2.45) is 5.92 Å². The molecule has 1 aliphatic rings. The molecule has 3 rings (SSSR count). The molecule has 19 heavy (non-hydrogen) atoms. The molecule has 1 saturated heterocycles. The van der Waals surface area contributed by atoms with Crippen molar-refractivity contribution in [2.75, 3.05) is 17.2 Å². The standard InChI is InChI=1S/C15H21N3S/c1-10(2)15-17-13-7-12(16)3-4-14(13)18(15)8-11-5-6-19-9-11/h3-4,7,10-11H,5-6,8-9,16H2,1-2H3. The van der Waals surface area contributed by atoms with Crippen molar-refractivity contribution < 1.29 is 0 Å². The molecule has 1 unspecified atom stereocenters. The van der Waals surface area contributed by atoms with Crippen LogP contribution in [0.4, 0.5) is 5.69 Å². The summed E-state index contributed by atoms with van der Waals surface area (Å²) in [4.78, 5) is 4.79. The Hall–Kier alpha value is -1.16. The van der Waals surface area contributed by atoms with Crippen LogP contribution < -0.4 is 5.73 Å². The van der Waals surface area contributed by atoms with E-state index in [-0.39, 0.29) is 0 Å². The van der Waals surface area contributed by atoms with Gasteiger partial charge in [-0.25, -0.2) is 4.98 Å². The second-order valence-corrected chi connectivity index (χ2v) is 6.86. The van der Waals surface area contributed by atoms with Crippen LogP contribution in [0.3, 0.4) is 0 Å². The summed E-state index contributed by atoms with van der Waals surface area (Å²) in [7, 11) is 0. The third-order valence-corrected chi connectivity index (χ3v) is 5.01. The minimum Gasteiger partial charge on any atom is -0.399 e. The fourth-order valence-electron chi connectivity index (χ4n) is 2.78. The second-order valence-electron chi connectivity index (χ2n) is 5.71. The molecule has 1 fully saturated rings. The number of aromatic nitrogens is 2. The fourth-order valence-corrected chi connectivity index (χ4v) is 4.06. The summed E-state index contributed by atoms with van der Waals surface area (Å²) >= 11 is 2.07. The maximum absolute atomic E-state index is 5.87. The first-order valence-corrected chi connectivity index (χ1v) is 8.14. The highest BCUT2D eigenvalue weighted by atomic mass is 32.2. The molecule has 0 bridgehead atoms. The van der Waals surface area contributed by atoms with Gasteiger partial charge in [0, 0.05) is 18.2 Å². The molecule has 2 N–H and O–H groups in total. The summed E-state index contributed by atoms with van der Waals surface area (Å²) in [6.45, 7) is 5.52. The molecule has 4 heteroatoms. The average molecular weight is 275 g/mol. The first-order valence-electron chi connectivity index (χ1n) is 6.98. The number of anilines is 1. The molecule has 0 spiro atoms. The molecule has 0 saturated carbocycles. The third kappa shape index (κ3) is 2.46. The van der Waals surface area contributed by atoms with Crippen LogP contribution >= 0.6 is 11.8 Å². The van der Waals surface area contributed by atoms with E-state index in [0.29, 0.717) is 5.92 Å². The van der Waals surface area contributed by atoms with Gasteiger partial charge in [-0.1, -0.05) is 13.8 Å². The van der Waals surface area contributed by atoms with Gasteiger partial charge in [-0.15, -0.1) is 0 Å². The Morgan fingerprint density at radius 3 is 3.00 bits per heavy atom. The molecule has 0 radical (unpaired) electrons. The molecule has 102 valence electrons. The quantitative estimate of drug-likeness (QED) is 0.872. The number of rotatable bonds is 3. The van der Waals surface area contributed by atoms with Gasteiger partial charge < -0.3 is 10.3 Å². The molecule has 1 aromatic heterocycles. The summed E-state index contributed by atoms with van der Waals surface area (Å²) in [6, 6.07) is 6.08. The molecule has 3 nitrogen and oxygen atoms in total. The van der Waals surface area contributed by atoms with Crippen LogP contribution in [0.5, 0.6) is 0 Å². The van der Waals surface area contributed by atoms with E-state index in [1.807, 2.05) is 12.1 Å². The number of fused-ring (bicyclic) bond motifs is 1. The first kappa shape index (κ1) is 12.9. The normalized spacial score (nSPS) is 19.6. The number of hydrogen-bond acceptors (Lipinski definition) is 3. The molecule has 2 heterocycles. The fraction of sp³-hybridized carbons (Fsp3) is 0.533. The van der Waals surface area contributed by atoms with Crippen molar-refractivity contribution in [3.05, 3.63) is 24.0 Å². The van der Waals surface area contributed by atoms with E-state index < -0.39 is 0 Å². The van der Waals surface area contributed by atoms with Gasteiger partial charge in [0.1, 0.15) is 5.82 Å². The van der Waals surface area contributed by atoms with E-state index in [4.69, 9.17) is 10.7 Å². The predicted octanol–water partition coefficient (Wildman–Crippen LogP) is 3.50. The Morgan fingerprint density at radius 2 is 2.32 bits per heavy atom. The summed E-state index contributed by atoms with van der Waals surface area (Å²) in [5.74, 6) is 5.02. The monoisotopic (exact) mass is 275 g/mol. The lowest BCUT2D eigenvalue weighted by Gasteiger charge is -2.15. The van der Waals surface area contributed by atoms with Crippen molar-refractivity contribution in [2.45, 2.75) is 32.7 Å². The number of imidazole rings is 1. The molecule has 0 aliphatic carbocycles. The number of nitrogens with two attached hydrogens (primary N) is 1. The Labute approximate surface area is 118 Å². The van der Waals surface area contributed by atoms with Crippen molar-refractivity contribution in [1.82, 2.24) is 9.55 Å². The van der Waals surface area contributed by atoms with Crippen LogP contribution in [-0.4, -0.2) is 21.1 Å². The molecule has 1 aromatic carbocycles. The first-order chi connectivity index (χ1) is 9.15. The Kier molecular flexibility index (Phi) is 3.44. The van der Waals surface area contributed by atoms with Crippen LogP contribution in [0, 0.1) is 5.92 Å². The molecule has 1 atom stereocenters. The summed E-state index contributed by atoms with van der Waals surface area (Å²) in [6.07, 6.45) is 1.33. The van der Waals surface area contributed by atoms with Gasteiger partial charge in [-0.2, -0.15) is 11.8 Å². The highest BCUT2D eigenvalue weighted by molar-refractivity contribution is 7.99. The van der Waals surface area contributed by atoms with Gasteiger partial charge in [0.2, 0.25) is 0 Å².